The van der Waals surface area contributed by atoms with Crippen molar-refractivity contribution in [2.75, 3.05) is 6.61 Å². The Hall–Kier alpha value is -0.160. The van der Waals surface area contributed by atoms with Gasteiger partial charge in [-0.3, -0.25) is 0 Å². The molecule has 3 N–H and O–H groups in total. The van der Waals surface area contributed by atoms with Gasteiger partial charge in [0.2, 0.25) is 0 Å². The zero-order chi connectivity index (χ0) is 25.1. The van der Waals surface area contributed by atoms with Crippen molar-refractivity contribution in [3.63, 3.8) is 0 Å². The SMILES string of the molecule is C[C@H](CCC(C)(C)O)C1CCC2C3CCC4C(O)C(OCC(C)(C)O)CCC4(C)C3CCC21C. The Morgan fingerprint density at radius 3 is 2.09 bits per heavy atom. The number of aliphatic hydroxyl groups is 3. The molecule has 4 nitrogen and oxygen atoms in total. The first-order valence-electron chi connectivity index (χ1n) is 14.4. The van der Waals surface area contributed by atoms with Gasteiger partial charge in [0, 0.05) is 0 Å². The molecule has 9 unspecified atom stereocenters. The van der Waals surface area contributed by atoms with Crippen molar-refractivity contribution < 1.29 is 20.1 Å². The van der Waals surface area contributed by atoms with Gasteiger partial charge in [-0.25, -0.2) is 0 Å². The first kappa shape index (κ1) is 26.9. The second kappa shape index (κ2) is 9.30. The van der Waals surface area contributed by atoms with Crippen molar-refractivity contribution in [1.82, 2.24) is 0 Å². The van der Waals surface area contributed by atoms with Gasteiger partial charge in [-0.2, -0.15) is 0 Å². The van der Waals surface area contributed by atoms with Crippen LogP contribution in [-0.4, -0.2) is 45.3 Å². The average molecular weight is 479 g/mol. The minimum absolute atomic E-state index is 0.137. The van der Waals surface area contributed by atoms with Crippen LogP contribution in [-0.2, 0) is 4.74 Å². The maximum atomic E-state index is 11.4. The Morgan fingerprint density at radius 2 is 1.44 bits per heavy atom. The predicted molar refractivity (Wildman–Crippen MR) is 137 cm³/mol. The highest BCUT2D eigenvalue weighted by Gasteiger charge is 2.62. The molecule has 0 amide bonds. The molecule has 0 aromatic heterocycles. The largest absolute Gasteiger partial charge is 0.390 e. The van der Waals surface area contributed by atoms with Crippen molar-refractivity contribution in [2.24, 2.45) is 46.3 Å². The van der Waals surface area contributed by atoms with E-state index in [9.17, 15) is 15.3 Å². The fraction of sp³-hybridized carbons (Fsp3) is 1.00. The Bertz CT molecular complexity index is 708. The molecule has 0 saturated heterocycles. The third kappa shape index (κ3) is 5.00. The van der Waals surface area contributed by atoms with E-state index in [0.29, 0.717) is 17.3 Å². The number of hydrogen-bond acceptors (Lipinski definition) is 4. The van der Waals surface area contributed by atoms with E-state index in [4.69, 9.17) is 4.74 Å². The summed E-state index contributed by atoms with van der Waals surface area (Å²) in [7, 11) is 0. The van der Waals surface area contributed by atoms with E-state index < -0.39 is 17.3 Å². The molecule has 0 aromatic carbocycles. The first-order chi connectivity index (χ1) is 15.7. The van der Waals surface area contributed by atoms with Gasteiger partial charge in [-0.15, -0.1) is 0 Å². The monoisotopic (exact) mass is 478 g/mol. The van der Waals surface area contributed by atoms with Crippen molar-refractivity contribution >= 4 is 0 Å². The summed E-state index contributed by atoms with van der Waals surface area (Å²) < 4.78 is 6.04. The van der Waals surface area contributed by atoms with Crippen LogP contribution >= 0.6 is 0 Å². The van der Waals surface area contributed by atoms with Crippen molar-refractivity contribution in [2.45, 2.75) is 136 Å². The zero-order valence-electron chi connectivity index (χ0n) is 23.1. The van der Waals surface area contributed by atoms with E-state index in [-0.39, 0.29) is 18.1 Å². The van der Waals surface area contributed by atoms with Crippen LogP contribution in [0.15, 0.2) is 0 Å². The molecule has 4 fully saturated rings. The Kier molecular flexibility index (Phi) is 7.35. The van der Waals surface area contributed by atoms with E-state index in [1.54, 1.807) is 13.8 Å². The molecule has 4 aliphatic rings. The van der Waals surface area contributed by atoms with Crippen molar-refractivity contribution in [3.05, 3.63) is 0 Å². The second-order valence-electron chi connectivity index (χ2n) is 14.8. The fourth-order valence-corrected chi connectivity index (χ4v) is 9.55. The predicted octanol–water partition coefficient (Wildman–Crippen LogP) is 5.96. The molecule has 4 aliphatic carbocycles. The standard InChI is InChI=1S/C30H54O4/c1-19(12-15-27(2,3)32)21-10-11-22-20-8-9-24-26(31)25(34-18-28(4,5)33)14-17-30(24,7)23(20)13-16-29(21,22)6/h19-26,31-33H,8-18H2,1-7H3/t19-,20?,21?,22?,23?,24?,25?,26?,29?,30?/m1/s1. The molecule has 4 saturated carbocycles. The summed E-state index contributed by atoms with van der Waals surface area (Å²) in [6, 6.07) is 0. The number of aliphatic hydroxyl groups excluding tert-OH is 1. The lowest BCUT2D eigenvalue weighted by molar-refractivity contribution is -0.193. The minimum Gasteiger partial charge on any atom is -0.390 e. The van der Waals surface area contributed by atoms with Gasteiger partial charge in [-0.1, -0.05) is 20.8 Å². The molecular weight excluding hydrogens is 424 g/mol. The third-order valence-corrected chi connectivity index (χ3v) is 11.3. The highest BCUT2D eigenvalue weighted by atomic mass is 16.5. The molecule has 0 bridgehead atoms. The summed E-state index contributed by atoms with van der Waals surface area (Å²) in [6.45, 7) is 15.3. The summed E-state index contributed by atoms with van der Waals surface area (Å²) in [4.78, 5) is 0. The summed E-state index contributed by atoms with van der Waals surface area (Å²) in [5.74, 6) is 4.12. The summed E-state index contributed by atoms with van der Waals surface area (Å²) in [5.41, 5.74) is -0.763. The fourth-order valence-electron chi connectivity index (χ4n) is 9.55. The first-order valence-corrected chi connectivity index (χ1v) is 14.4. The molecule has 0 radical (unpaired) electrons. The highest BCUT2D eigenvalue weighted by molar-refractivity contribution is 5.11. The molecule has 10 atom stereocenters. The summed E-state index contributed by atoms with van der Waals surface area (Å²) >= 11 is 0. The van der Waals surface area contributed by atoms with E-state index in [0.717, 1.165) is 55.8 Å². The van der Waals surface area contributed by atoms with E-state index in [1.807, 2.05) is 13.8 Å². The average Bonchev–Trinajstić information content (AvgIpc) is 3.07. The van der Waals surface area contributed by atoms with E-state index >= 15 is 0 Å². The van der Waals surface area contributed by atoms with Crippen molar-refractivity contribution in [1.29, 1.82) is 0 Å². The number of ether oxygens (including phenoxy) is 1. The number of fused-ring (bicyclic) bond motifs is 5. The lowest BCUT2D eigenvalue weighted by Gasteiger charge is -2.62. The van der Waals surface area contributed by atoms with Crippen LogP contribution in [0.2, 0.25) is 0 Å². The molecule has 198 valence electrons. The Labute approximate surface area is 209 Å². The topological polar surface area (TPSA) is 69.9 Å². The van der Waals surface area contributed by atoms with Gasteiger partial charge in [0.1, 0.15) is 0 Å². The number of hydrogen-bond donors (Lipinski definition) is 3. The van der Waals surface area contributed by atoms with Crippen LogP contribution in [0.4, 0.5) is 0 Å². The molecular formula is C30H54O4. The van der Waals surface area contributed by atoms with E-state index in [1.165, 1.54) is 32.1 Å². The van der Waals surface area contributed by atoms with Crippen LogP contribution in [0, 0.1) is 46.3 Å². The van der Waals surface area contributed by atoms with Gasteiger partial charge in [0.15, 0.2) is 0 Å². The molecule has 4 rings (SSSR count). The van der Waals surface area contributed by atoms with Gasteiger partial charge < -0.3 is 20.1 Å². The normalized spacial score (nSPS) is 45.9. The van der Waals surface area contributed by atoms with Gasteiger partial charge in [-0.05, 0) is 138 Å². The van der Waals surface area contributed by atoms with Crippen molar-refractivity contribution in [3.8, 4) is 0 Å². The maximum Gasteiger partial charge on any atom is 0.0838 e. The minimum atomic E-state index is -0.852. The lowest BCUT2D eigenvalue weighted by Crippen LogP contribution is -2.59. The van der Waals surface area contributed by atoms with Gasteiger partial charge >= 0.3 is 0 Å². The number of rotatable bonds is 7. The van der Waals surface area contributed by atoms with Crippen LogP contribution in [0.25, 0.3) is 0 Å². The Morgan fingerprint density at radius 1 is 0.824 bits per heavy atom. The molecule has 34 heavy (non-hydrogen) atoms. The molecule has 0 aromatic rings. The third-order valence-electron chi connectivity index (χ3n) is 11.3. The lowest BCUT2D eigenvalue weighted by atomic mass is 9.44. The highest BCUT2D eigenvalue weighted by Crippen LogP contribution is 2.68. The van der Waals surface area contributed by atoms with Crippen LogP contribution in [0.3, 0.4) is 0 Å². The maximum absolute atomic E-state index is 11.4. The molecule has 4 heteroatoms. The Balaban J connectivity index is 1.45. The van der Waals surface area contributed by atoms with Crippen LogP contribution in [0.5, 0.6) is 0 Å². The molecule has 0 aliphatic heterocycles. The second-order valence-corrected chi connectivity index (χ2v) is 14.8. The zero-order valence-corrected chi connectivity index (χ0v) is 23.1. The summed E-state index contributed by atoms with van der Waals surface area (Å²) in [6.07, 6.45) is 11.3. The quantitative estimate of drug-likeness (QED) is 0.422. The van der Waals surface area contributed by atoms with Crippen LogP contribution < -0.4 is 0 Å². The smallest absolute Gasteiger partial charge is 0.0838 e. The van der Waals surface area contributed by atoms with Gasteiger partial charge in [0.05, 0.1) is 30.0 Å². The summed E-state index contributed by atoms with van der Waals surface area (Å²) in [5, 5.41) is 31.7. The molecule has 0 spiro atoms. The van der Waals surface area contributed by atoms with Gasteiger partial charge in [0.25, 0.3) is 0 Å². The van der Waals surface area contributed by atoms with E-state index in [2.05, 4.69) is 20.8 Å². The van der Waals surface area contributed by atoms with Crippen LogP contribution in [0.1, 0.15) is 113 Å². The molecule has 0 heterocycles.